The number of nitrogens with zero attached hydrogens (tertiary/aromatic N) is 1. The summed E-state index contributed by atoms with van der Waals surface area (Å²) >= 11 is 0. The average Bonchev–Trinajstić information content (AvgIpc) is 3.07. The number of aliphatic hydroxyl groups excluding tert-OH is 1. The van der Waals surface area contributed by atoms with Gasteiger partial charge in [-0.3, -0.25) is 0 Å². The number of nitrogens with one attached hydrogen (secondary N) is 1. The fourth-order valence-corrected chi connectivity index (χ4v) is 2.32. The molecule has 0 aromatic heterocycles. The minimum Gasteiger partial charge on any atom is -0.396 e. The Kier molecular flexibility index (Phi) is 8.54. The molecule has 2 N–H and O–H groups in total. The first-order valence-corrected chi connectivity index (χ1v) is 6.89. The molecule has 2 rings (SSSR count). The molecule has 0 aliphatic carbocycles. The second kappa shape index (κ2) is 9.69. The van der Waals surface area contributed by atoms with Crippen molar-refractivity contribution in [1.82, 2.24) is 10.2 Å². The summed E-state index contributed by atoms with van der Waals surface area (Å²) in [7, 11) is 3.53. The molecule has 18 heavy (non-hydrogen) atoms. The molecule has 2 saturated heterocycles. The Hall–Kier alpha value is -0.200. The van der Waals surface area contributed by atoms with Gasteiger partial charge in [-0.2, -0.15) is 0 Å². The molecule has 2 aliphatic heterocycles. The number of hydrogen-bond acceptors (Lipinski definition) is 5. The van der Waals surface area contributed by atoms with Crippen LogP contribution in [0, 0.1) is 0 Å². The predicted molar refractivity (Wildman–Crippen MR) is 71.8 cm³/mol. The van der Waals surface area contributed by atoms with Crippen molar-refractivity contribution in [2.75, 3.05) is 53.6 Å². The molecule has 5 nitrogen and oxygen atoms in total. The van der Waals surface area contributed by atoms with Crippen molar-refractivity contribution in [2.45, 2.75) is 31.5 Å². The SMILES string of the molecule is COC1CCN(CCCO)C1.COC1CCNC1. The van der Waals surface area contributed by atoms with E-state index in [9.17, 15) is 0 Å². The van der Waals surface area contributed by atoms with Crippen molar-refractivity contribution in [3.63, 3.8) is 0 Å². The molecule has 2 atom stereocenters. The lowest BCUT2D eigenvalue weighted by molar-refractivity contribution is 0.107. The zero-order valence-electron chi connectivity index (χ0n) is 11.7. The molecule has 0 amide bonds. The maximum absolute atomic E-state index is 8.59. The molecule has 0 bridgehead atoms. The Balaban J connectivity index is 0.000000199. The van der Waals surface area contributed by atoms with Crippen LogP contribution in [0.25, 0.3) is 0 Å². The van der Waals surface area contributed by atoms with Gasteiger partial charge in [-0.25, -0.2) is 0 Å². The summed E-state index contributed by atoms with van der Waals surface area (Å²) in [6, 6.07) is 0. The third-order valence-electron chi connectivity index (χ3n) is 3.54. The van der Waals surface area contributed by atoms with Gasteiger partial charge >= 0.3 is 0 Å². The summed E-state index contributed by atoms with van der Waals surface area (Å²) < 4.78 is 10.3. The summed E-state index contributed by atoms with van der Waals surface area (Å²) in [4.78, 5) is 2.34. The summed E-state index contributed by atoms with van der Waals surface area (Å²) in [5.41, 5.74) is 0. The van der Waals surface area contributed by atoms with E-state index in [1.807, 2.05) is 0 Å². The molecule has 0 aromatic carbocycles. The van der Waals surface area contributed by atoms with Crippen LogP contribution in [-0.4, -0.2) is 75.8 Å². The Morgan fingerprint density at radius 1 is 1.22 bits per heavy atom. The monoisotopic (exact) mass is 260 g/mol. The van der Waals surface area contributed by atoms with Crippen molar-refractivity contribution >= 4 is 0 Å². The second-order valence-electron chi connectivity index (χ2n) is 4.87. The van der Waals surface area contributed by atoms with E-state index >= 15 is 0 Å². The summed E-state index contributed by atoms with van der Waals surface area (Å²) in [5.74, 6) is 0. The first kappa shape index (κ1) is 15.9. The lowest BCUT2D eigenvalue weighted by atomic mass is 10.3. The smallest absolute Gasteiger partial charge is 0.0710 e. The van der Waals surface area contributed by atoms with Gasteiger partial charge in [0.05, 0.1) is 12.2 Å². The minimum atomic E-state index is 0.300. The zero-order chi connectivity index (χ0) is 13.2. The van der Waals surface area contributed by atoms with Crippen LogP contribution < -0.4 is 5.32 Å². The Morgan fingerprint density at radius 2 is 2.00 bits per heavy atom. The number of methoxy groups -OCH3 is 2. The maximum Gasteiger partial charge on any atom is 0.0710 e. The normalized spacial score (nSPS) is 28.2. The highest BCUT2D eigenvalue weighted by Gasteiger charge is 2.20. The van der Waals surface area contributed by atoms with E-state index in [4.69, 9.17) is 14.6 Å². The molecule has 0 saturated carbocycles. The Bertz CT molecular complexity index is 199. The second-order valence-corrected chi connectivity index (χ2v) is 4.87. The lowest BCUT2D eigenvalue weighted by Gasteiger charge is -2.13. The van der Waals surface area contributed by atoms with Gasteiger partial charge in [0.15, 0.2) is 0 Å². The molecule has 2 unspecified atom stereocenters. The van der Waals surface area contributed by atoms with E-state index in [2.05, 4.69) is 10.2 Å². The molecule has 108 valence electrons. The number of rotatable bonds is 5. The van der Waals surface area contributed by atoms with E-state index in [0.717, 1.165) is 45.6 Å². The fraction of sp³-hybridized carbons (Fsp3) is 1.00. The number of hydrogen-bond donors (Lipinski definition) is 2. The van der Waals surface area contributed by atoms with E-state index in [-0.39, 0.29) is 0 Å². The molecule has 0 aromatic rings. The van der Waals surface area contributed by atoms with Crippen molar-refractivity contribution in [2.24, 2.45) is 0 Å². The molecule has 2 aliphatic rings. The summed E-state index contributed by atoms with van der Waals surface area (Å²) in [6.45, 7) is 5.63. The van der Waals surface area contributed by atoms with Gasteiger partial charge in [-0.15, -0.1) is 0 Å². The van der Waals surface area contributed by atoms with E-state index < -0.39 is 0 Å². The molecular formula is C13H28N2O3. The summed E-state index contributed by atoms with van der Waals surface area (Å²) in [6.07, 6.45) is 4.11. The van der Waals surface area contributed by atoms with Crippen molar-refractivity contribution in [3.05, 3.63) is 0 Å². The maximum atomic E-state index is 8.59. The fourth-order valence-electron chi connectivity index (χ4n) is 2.32. The van der Waals surface area contributed by atoms with E-state index in [1.165, 1.54) is 6.42 Å². The topological polar surface area (TPSA) is 54.0 Å². The van der Waals surface area contributed by atoms with Crippen LogP contribution in [0.1, 0.15) is 19.3 Å². The van der Waals surface area contributed by atoms with Gasteiger partial charge in [0.25, 0.3) is 0 Å². The van der Waals surface area contributed by atoms with Crippen molar-refractivity contribution < 1.29 is 14.6 Å². The average molecular weight is 260 g/mol. The van der Waals surface area contributed by atoms with Crippen LogP contribution in [0.2, 0.25) is 0 Å². The molecular weight excluding hydrogens is 232 g/mol. The lowest BCUT2D eigenvalue weighted by Crippen LogP contribution is -2.24. The highest BCUT2D eigenvalue weighted by molar-refractivity contribution is 4.75. The predicted octanol–water partition coefficient (Wildman–Crippen LogP) is 0.0842. The van der Waals surface area contributed by atoms with E-state index in [0.29, 0.717) is 18.8 Å². The number of aliphatic hydroxyl groups is 1. The van der Waals surface area contributed by atoms with Gasteiger partial charge in [0, 0.05) is 47.0 Å². The highest BCUT2D eigenvalue weighted by atomic mass is 16.5. The van der Waals surface area contributed by atoms with Gasteiger partial charge in [0.1, 0.15) is 0 Å². The summed E-state index contributed by atoms with van der Waals surface area (Å²) in [5, 5.41) is 11.8. The van der Waals surface area contributed by atoms with Crippen LogP contribution in [0.3, 0.4) is 0 Å². The Morgan fingerprint density at radius 3 is 2.44 bits per heavy atom. The molecule has 2 heterocycles. The third kappa shape index (κ3) is 6.11. The minimum absolute atomic E-state index is 0.300. The first-order chi connectivity index (χ1) is 8.80. The molecule has 5 heteroatoms. The largest absolute Gasteiger partial charge is 0.396 e. The Labute approximate surface area is 110 Å². The molecule has 0 spiro atoms. The van der Waals surface area contributed by atoms with Crippen LogP contribution in [0.4, 0.5) is 0 Å². The number of ether oxygens (including phenoxy) is 2. The van der Waals surface area contributed by atoms with Gasteiger partial charge in [-0.1, -0.05) is 0 Å². The van der Waals surface area contributed by atoms with Crippen LogP contribution in [-0.2, 0) is 9.47 Å². The zero-order valence-corrected chi connectivity index (χ0v) is 11.7. The molecule has 2 fully saturated rings. The highest BCUT2D eigenvalue weighted by Crippen LogP contribution is 2.11. The van der Waals surface area contributed by atoms with Gasteiger partial charge in [-0.05, 0) is 25.8 Å². The van der Waals surface area contributed by atoms with Crippen LogP contribution in [0.15, 0.2) is 0 Å². The van der Waals surface area contributed by atoms with Crippen LogP contribution in [0.5, 0.6) is 0 Å². The van der Waals surface area contributed by atoms with Crippen molar-refractivity contribution in [1.29, 1.82) is 0 Å². The third-order valence-corrected chi connectivity index (χ3v) is 3.54. The van der Waals surface area contributed by atoms with Crippen molar-refractivity contribution in [3.8, 4) is 0 Å². The quantitative estimate of drug-likeness (QED) is 0.733. The molecule has 0 radical (unpaired) electrons. The first-order valence-electron chi connectivity index (χ1n) is 6.89. The standard InChI is InChI=1S/C8H17NO2.C5H11NO/c1-11-8-3-5-9(7-8)4-2-6-10;1-7-5-2-3-6-4-5/h8,10H,2-7H2,1H3;5-6H,2-4H2,1H3. The van der Waals surface area contributed by atoms with Gasteiger partial charge in [0.2, 0.25) is 0 Å². The van der Waals surface area contributed by atoms with Gasteiger partial charge < -0.3 is 24.8 Å². The number of likely N-dealkylation sites (tertiary alicyclic amines) is 1. The van der Waals surface area contributed by atoms with Crippen LogP contribution >= 0.6 is 0 Å². The van der Waals surface area contributed by atoms with E-state index in [1.54, 1.807) is 14.2 Å².